The molecule has 1 aliphatic rings. The molecule has 1 amide bonds. The van der Waals surface area contributed by atoms with Gasteiger partial charge in [0.15, 0.2) is 10.8 Å². The van der Waals surface area contributed by atoms with Gasteiger partial charge in [0.05, 0.1) is 16.3 Å². The summed E-state index contributed by atoms with van der Waals surface area (Å²) in [6, 6.07) is 2.10. The summed E-state index contributed by atoms with van der Waals surface area (Å²) in [7, 11) is 0. The second-order valence-electron chi connectivity index (χ2n) is 5.79. The molecule has 118 valence electrons. The van der Waals surface area contributed by atoms with E-state index in [1.54, 1.807) is 12.3 Å². The van der Waals surface area contributed by atoms with Crippen molar-refractivity contribution in [3.05, 3.63) is 17.3 Å². The Morgan fingerprint density at radius 3 is 3.14 bits per heavy atom. The highest BCUT2D eigenvalue weighted by Gasteiger charge is 2.22. The van der Waals surface area contributed by atoms with E-state index in [4.69, 9.17) is 11.6 Å². The predicted octanol–water partition coefficient (Wildman–Crippen LogP) is 3.40. The molecule has 0 bridgehead atoms. The smallest absolute Gasteiger partial charge is 0.230 e. The van der Waals surface area contributed by atoms with Crippen molar-refractivity contribution >= 4 is 40.4 Å². The van der Waals surface area contributed by atoms with Crippen LogP contribution in [0.25, 0.3) is 11.2 Å². The Morgan fingerprint density at radius 1 is 1.50 bits per heavy atom. The molecule has 2 heterocycles. The number of carbonyl (C=O) groups excluding carboxylic acids is 1. The number of pyridine rings is 1. The van der Waals surface area contributed by atoms with Crippen LogP contribution in [0.2, 0.25) is 5.02 Å². The Labute approximate surface area is 138 Å². The minimum Gasteiger partial charge on any atom is -0.352 e. The van der Waals surface area contributed by atoms with E-state index in [2.05, 4.69) is 27.2 Å². The van der Waals surface area contributed by atoms with Gasteiger partial charge in [0.1, 0.15) is 0 Å². The second-order valence-corrected chi connectivity index (χ2v) is 7.19. The molecular formula is C15H19ClN4OS. The van der Waals surface area contributed by atoms with Crippen LogP contribution in [0.15, 0.2) is 17.4 Å². The fourth-order valence-electron chi connectivity index (χ4n) is 2.83. The summed E-state index contributed by atoms with van der Waals surface area (Å²) in [5.74, 6) is 0.993. The van der Waals surface area contributed by atoms with E-state index in [0.717, 1.165) is 11.9 Å². The number of imidazole rings is 1. The minimum absolute atomic E-state index is 0.0650. The number of aromatic nitrogens is 3. The third kappa shape index (κ3) is 3.73. The van der Waals surface area contributed by atoms with Gasteiger partial charge in [-0.1, -0.05) is 43.1 Å². The number of amides is 1. The van der Waals surface area contributed by atoms with Gasteiger partial charge in [-0.25, -0.2) is 9.97 Å². The normalized spacial score (nSPS) is 21.9. The average molecular weight is 339 g/mol. The number of carbonyl (C=O) groups is 1. The van der Waals surface area contributed by atoms with Crippen LogP contribution in [0, 0.1) is 5.92 Å². The predicted molar refractivity (Wildman–Crippen MR) is 89.2 cm³/mol. The Balaban J connectivity index is 1.55. The zero-order valence-corrected chi connectivity index (χ0v) is 14.0. The second kappa shape index (κ2) is 6.87. The van der Waals surface area contributed by atoms with Crippen LogP contribution >= 0.6 is 23.4 Å². The SMILES string of the molecule is C[C@@H]1CCCC[C@H]1NC(=O)CSc1nc2ncc(Cl)cc2[nH]1. The van der Waals surface area contributed by atoms with Crippen molar-refractivity contribution in [3.8, 4) is 0 Å². The number of halogens is 1. The molecule has 2 atom stereocenters. The molecule has 0 aliphatic heterocycles. The number of hydrogen-bond acceptors (Lipinski definition) is 4. The Kier molecular flexibility index (Phi) is 4.88. The van der Waals surface area contributed by atoms with Crippen molar-refractivity contribution in [1.82, 2.24) is 20.3 Å². The van der Waals surface area contributed by atoms with E-state index in [0.29, 0.717) is 33.5 Å². The van der Waals surface area contributed by atoms with Crippen molar-refractivity contribution in [2.75, 3.05) is 5.75 Å². The van der Waals surface area contributed by atoms with Gasteiger partial charge < -0.3 is 10.3 Å². The first kappa shape index (κ1) is 15.6. The van der Waals surface area contributed by atoms with E-state index >= 15 is 0 Å². The molecule has 22 heavy (non-hydrogen) atoms. The molecule has 7 heteroatoms. The van der Waals surface area contributed by atoms with E-state index in [1.807, 2.05) is 0 Å². The molecule has 0 aromatic carbocycles. The maximum Gasteiger partial charge on any atom is 0.230 e. The fourth-order valence-corrected chi connectivity index (χ4v) is 3.68. The lowest BCUT2D eigenvalue weighted by atomic mass is 9.86. The Bertz CT molecular complexity index is 675. The van der Waals surface area contributed by atoms with E-state index in [1.165, 1.54) is 31.0 Å². The third-order valence-corrected chi connectivity index (χ3v) is 5.16. The lowest BCUT2D eigenvalue weighted by Gasteiger charge is -2.29. The van der Waals surface area contributed by atoms with Crippen molar-refractivity contribution in [3.63, 3.8) is 0 Å². The molecule has 1 aliphatic carbocycles. The third-order valence-electron chi connectivity index (χ3n) is 4.08. The lowest BCUT2D eigenvalue weighted by molar-refractivity contribution is -0.119. The number of nitrogens with zero attached hydrogens (tertiary/aromatic N) is 2. The van der Waals surface area contributed by atoms with E-state index < -0.39 is 0 Å². The van der Waals surface area contributed by atoms with Crippen molar-refractivity contribution < 1.29 is 4.79 Å². The molecule has 2 aromatic rings. The van der Waals surface area contributed by atoms with Gasteiger partial charge in [0.2, 0.25) is 5.91 Å². The van der Waals surface area contributed by atoms with Gasteiger partial charge in [-0.3, -0.25) is 4.79 Å². The van der Waals surface area contributed by atoms with Crippen LogP contribution in [0.3, 0.4) is 0 Å². The summed E-state index contributed by atoms with van der Waals surface area (Å²) < 4.78 is 0. The maximum absolute atomic E-state index is 12.1. The number of thioether (sulfide) groups is 1. The quantitative estimate of drug-likeness (QED) is 0.838. The molecule has 2 N–H and O–H groups in total. The van der Waals surface area contributed by atoms with Crippen LogP contribution in [0.5, 0.6) is 0 Å². The summed E-state index contributed by atoms with van der Waals surface area (Å²) in [6.07, 6.45) is 6.34. The molecule has 3 rings (SSSR count). The zero-order valence-electron chi connectivity index (χ0n) is 12.4. The van der Waals surface area contributed by atoms with Crippen molar-refractivity contribution in [2.45, 2.75) is 43.8 Å². The Morgan fingerprint density at radius 2 is 2.32 bits per heavy atom. The lowest BCUT2D eigenvalue weighted by Crippen LogP contribution is -2.41. The highest BCUT2D eigenvalue weighted by Crippen LogP contribution is 2.24. The largest absolute Gasteiger partial charge is 0.352 e. The molecule has 5 nitrogen and oxygen atoms in total. The van der Waals surface area contributed by atoms with Crippen LogP contribution < -0.4 is 5.32 Å². The van der Waals surface area contributed by atoms with Gasteiger partial charge in [-0.05, 0) is 24.8 Å². The number of fused-ring (bicyclic) bond motifs is 1. The number of rotatable bonds is 4. The molecule has 1 fully saturated rings. The molecule has 0 radical (unpaired) electrons. The number of aromatic amines is 1. The van der Waals surface area contributed by atoms with Crippen LogP contribution in [0.4, 0.5) is 0 Å². The molecule has 0 spiro atoms. The summed E-state index contributed by atoms with van der Waals surface area (Å²) in [6.45, 7) is 2.21. The van der Waals surface area contributed by atoms with Crippen molar-refractivity contribution in [1.29, 1.82) is 0 Å². The first-order valence-electron chi connectivity index (χ1n) is 7.55. The fraction of sp³-hybridized carbons (Fsp3) is 0.533. The van der Waals surface area contributed by atoms with Gasteiger partial charge in [-0.15, -0.1) is 0 Å². The van der Waals surface area contributed by atoms with Gasteiger partial charge >= 0.3 is 0 Å². The van der Waals surface area contributed by atoms with Crippen LogP contribution in [-0.2, 0) is 4.79 Å². The molecule has 1 saturated carbocycles. The highest BCUT2D eigenvalue weighted by atomic mass is 35.5. The standard InChI is InChI=1S/C15H19ClN4OS/c1-9-4-2-3-5-11(9)18-13(21)8-22-15-19-12-6-10(16)7-17-14(12)20-15/h6-7,9,11H,2-5,8H2,1H3,(H,18,21)(H,17,19,20)/t9-,11-/m1/s1. The summed E-state index contributed by atoms with van der Waals surface area (Å²) >= 11 is 7.28. The van der Waals surface area contributed by atoms with E-state index in [-0.39, 0.29) is 5.91 Å². The monoisotopic (exact) mass is 338 g/mol. The molecule has 0 unspecified atom stereocenters. The maximum atomic E-state index is 12.1. The number of hydrogen-bond donors (Lipinski definition) is 2. The first-order valence-corrected chi connectivity index (χ1v) is 8.91. The number of H-pyrrole nitrogens is 1. The molecular weight excluding hydrogens is 320 g/mol. The Hall–Kier alpha value is -1.27. The summed E-state index contributed by atoms with van der Waals surface area (Å²) in [5, 5.41) is 4.40. The van der Waals surface area contributed by atoms with Crippen LogP contribution in [-0.4, -0.2) is 32.7 Å². The summed E-state index contributed by atoms with van der Waals surface area (Å²) in [5.41, 5.74) is 1.41. The van der Waals surface area contributed by atoms with Gasteiger partial charge in [0, 0.05) is 12.2 Å². The summed E-state index contributed by atoms with van der Waals surface area (Å²) in [4.78, 5) is 23.7. The zero-order chi connectivity index (χ0) is 15.5. The minimum atomic E-state index is 0.0650. The van der Waals surface area contributed by atoms with Gasteiger partial charge in [-0.2, -0.15) is 0 Å². The van der Waals surface area contributed by atoms with Crippen LogP contribution in [0.1, 0.15) is 32.6 Å². The molecule has 0 saturated heterocycles. The number of nitrogens with one attached hydrogen (secondary N) is 2. The van der Waals surface area contributed by atoms with Gasteiger partial charge in [0.25, 0.3) is 0 Å². The van der Waals surface area contributed by atoms with E-state index in [9.17, 15) is 4.79 Å². The average Bonchev–Trinajstić information content (AvgIpc) is 2.89. The highest BCUT2D eigenvalue weighted by molar-refractivity contribution is 7.99. The topological polar surface area (TPSA) is 70.7 Å². The van der Waals surface area contributed by atoms with Crippen molar-refractivity contribution in [2.24, 2.45) is 5.92 Å². The molecule has 2 aromatic heterocycles. The first-order chi connectivity index (χ1) is 10.6.